The fourth-order valence-corrected chi connectivity index (χ4v) is 2.92. The maximum Gasteiger partial charge on any atom is 0.264 e. The van der Waals surface area contributed by atoms with Gasteiger partial charge in [0, 0.05) is 19.7 Å². The molecule has 21 heavy (non-hydrogen) atoms. The molecular formula is C16H24N2O2S. The van der Waals surface area contributed by atoms with Gasteiger partial charge in [0.15, 0.2) is 0 Å². The number of nitrogens with two attached hydrogens (primary N) is 1. The molecule has 0 bridgehead atoms. The Hall–Kier alpha value is -1.35. The van der Waals surface area contributed by atoms with Gasteiger partial charge in [-0.25, -0.2) is 0 Å². The first kappa shape index (κ1) is 17.7. The van der Waals surface area contributed by atoms with Crippen molar-refractivity contribution < 1.29 is 9.53 Å². The van der Waals surface area contributed by atoms with Crippen LogP contribution in [0.2, 0.25) is 0 Å². The monoisotopic (exact) mass is 308 g/mol. The lowest BCUT2D eigenvalue weighted by Crippen LogP contribution is -2.40. The minimum Gasteiger partial charge on any atom is -0.383 e. The van der Waals surface area contributed by atoms with Crippen LogP contribution in [0.5, 0.6) is 0 Å². The molecule has 116 valence electrons. The summed E-state index contributed by atoms with van der Waals surface area (Å²) in [6, 6.07) is 2.10. The molecule has 5 heteroatoms. The smallest absolute Gasteiger partial charge is 0.264 e. The van der Waals surface area contributed by atoms with Gasteiger partial charge in [-0.3, -0.25) is 4.79 Å². The van der Waals surface area contributed by atoms with Crippen LogP contribution in [0.3, 0.4) is 0 Å². The number of thiophene rings is 1. The predicted octanol–water partition coefficient (Wildman–Crippen LogP) is 2.25. The summed E-state index contributed by atoms with van der Waals surface area (Å²) in [5.74, 6) is 5.91. The number of ether oxygens (including phenoxy) is 1. The van der Waals surface area contributed by atoms with E-state index in [1.54, 1.807) is 7.11 Å². The first-order valence-corrected chi connectivity index (χ1v) is 7.96. The molecule has 1 unspecified atom stereocenters. The van der Waals surface area contributed by atoms with Crippen LogP contribution < -0.4 is 5.73 Å². The highest BCUT2D eigenvalue weighted by atomic mass is 32.1. The summed E-state index contributed by atoms with van der Waals surface area (Å²) < 4.78 is 5.11. The van der Waals surface area contributed by atoms with E-state index in [1.807, 2.05) is 17.9 Å². The van der Waals surface area contributed by atoms with E-state index in [9.17, 15) is 4.79 Å². The summed E-state index contributed by atoms with van der Waals surface area (Å²) in [5, 5.41) is 0. The topological polar surface area (TPSA) is 55.6 Å². The average Bonchev–Trinajstić information content (AvgIpc) is 2.86. The van der Waals surface area contributed by atoms with Gasteiger partial charge >= 0.3 is 0 Å². The van der Waals surface area contributed by atoms with Gasteiger partial charge in [0.25, 0.3) is 5.91 Å². The van der Waals surface area contributed by atoms with Crippen molar-refractivity contribution in [1.82, 2.24) is 4.90 Å². The highest BCUT2D eigenvalue weighted by molar-refractivity contribution is 7.14. The Morgan fingerprint density at radius 2 is 2.29 bits per heavy atom. The maximum absolute atomic E-state index is 12.7. The number of hydrogen-bond acceptors (Lipinski definition) is 4. The molecule has 1 aromatic rings. The highest BCUT2D eigenvalue weighted by Gasteiger charge is 2.22. The van der Waals surface area contributed by atoms with E-state index in [4.69, 9.17) is 10.5 Å². The average molecular weight is 308 g/mol. The maximum atomic E-state index is 12.7. The minimum atomic E-state index is 0.0512. The zero-order valence-electron chi connectivity index (χ0n) is 13.2. The van der Waals surface area contributed by atoms with Crippen LogP contribution in [0.1, 0.15) is 40.4 Å². The van der Waals surface area contributed by atoms with Gasteiger partial charge < -0.3 is 15.4 Å². The number of rotatable bonds is 6. The molecule has 0 aromatic carbocycles. The molecule has 0 spiro atoms. The summed E-state index contributed by atoms with van der Waals surface area (Å²) in [4.78, 5) is 16.2. The van der Waals surface area contributed by atoms with E-state index in [-0.39, 0.29) is 11.9 Å². The summed E-state index contributed by atoms with van der Waals surface area (Å²) in [5.41, 5.74) is 6.42. The van der Waals surface area contributed by atoms with Crippen LogP contribution in [0.25, 0.3) is 0 Å². The number of carbonyl (C=O) groups is 1. The van der Waals surface area contributed by atoms with E-state index in [0.717, 1.165) is 21.7 Å². The first-order chi connectivity index (χ1) is 10.0. The predicted molar refractivity (Wildman–Crippen MR) is 87.7 cm³/mol. The van der Waals surface area contributed by atoms with Gasteiger partial charge in [-0.2, -0.15) is 0 Å². The normalized spacial score (nSPS) is 11.7. The first-order valence-electron chi connectivity index (χ1n) is 7.14. The van der Waals surface area contributed by atoms with Crippen molar-refractivity contribution in [3.63, 3.8) is 0 Å². The highest BCUT2D eigenvalue weighted by Crippen LogP contribution is 2.23. The zero-order valence-corrected chi connectivity index (χ0v) is 14.0. The van der Waals surface area contributed by atoms with Crippen molar-refractivity contribution in [2.75, 3.05) is 26.8 Å². The van der Waals surface area contributed by atoms with E-state index >= 15 is 0 Å². The Kier molecular flexibility index (Phi) is 7.44. The summed E-state index contributed by atoms with van der Waals surface area (Å²) >= 11 is 1.44. The molecule has 1 atom stereocenters. The van der Waals surface area contributed by atoms with Crippen molar-refractivity contribution >= 4 is 17.2 Å². The van der Waals surface area contributed by atoms with Gasteiger partial charge in [0.1, 0.15) is 0 Å². The van der Waals surface area contributed by atoms with E-state index < -0.39 is 0 Å². The number of nitrogens with zero attached hydrogens (tertiary/aromatic N) is 1. The van der Waals surface area contributed by atoms with Gasteiger partial charge in [-0.05, 0) is 31.9 Å². The third kappa shape index (κ3) is 4.85. The van der Waals surface area contributed by atoms with E-state index in [0.29, 0.717) is 19.7 Å². The molecule has 2 N–H and O–H groups in total. The molecule has 0 aliphatic carbocycles. The molecule has 1 aromatic heterocycles. The number of carbonyl (C=O) groups excluding carboxylic acids is 1. The molecule has 4 nitrogen and oxygen atoms in total. The molecule has 0 aliphatic rings. The Bertz CT molecular complexity index is 528. The molecule has 0 saturated heterocycles. The van der Waals surface area contributed by atoms with Crippen molar-refractivity contribution in [1.29, 1.82) is 0 Å². The quantitative estimate of drug-likeness (QED) is 0.820. The lowest BCUT2D eigenvalue weighted by Gasteiger charge is -2.27. The molecular weight excluding hydrogens is 284 g/mol. The Labute approximate surface area is 131 Å². The van der Waals surface area contributed by atoms with E-state index in [1.165, 1.54) is 11.3 Å². The molecule has 0 fully saturated rings. The van der Waals surface area contributed by atoms with Crippen LogP contribution in [-0.4, -0.2) is 43.7 Å². The lowest BCUT2D eigenvalue weighted by molar-refractivity contribution is 0.0618. The van der Waals surface area contributed by atoms with Gasteiger partial charge in [0.05, 0.1) is 22.9 Å². The van der Waals surface area contributed by atoms with Crippen LogP contribution in [-0.2, 0) is 4.74 Å². The zero-order chi connectivity index (χ0) is 15.8. The second-order valence-electron chi connectivity index (χ2n) is 4.88. The van der Waals surface area contributed by atoms with Gasteiger partial charge in [-0.15, -0.1) is 11.3 Å². The number of amides is 1. The molecule has 0 aliphatic heterocycles. The minimum absolute atomic E-state index is 0.0512. The van der Waals surface area contributed by atoms with Crippen LogP contribution in [0.4, 0.5) is 0 Å². The van der Waals surface area contributed by atoms with Gasteiger partial charge in [-0.1, -0.05) is 18.8 Å². The Morgan fingerprint density at radius 1 is 1.57 bits per heavy atom. The number of methoxy groups -OCH3 is 1. The third-order valence-electron chi connectivity index (χ3n) is 3.35. The van der Waals surface area contributed by atoms with Crippen LogP contribution >= 0.6 is 11.3 Å². The fourth-order valence-electron chi connectivity index (χ4n) is 1.92. The third-order valence-corrected chi connectivity index (χ3v) is 4.49. The second kappa shape index (κ2) is 8.83. The van der Waals surface area contributed by atoms with Crippen LogP contribution in [0, 0.1) is 18.8 Å². The standard InChI is InChI=1S/C16H24N2O2S/c1-5-13(3)18(9-10-20-4)16(19)15-11-12(2)14(21-15)7-6-8-17/h11,13H,5,8-10,17H2,1-4H3. The summed E-state index contributed by atoms with van der Waals surface area (Å²) in [7, 11) is 1.65. The van der Waals surface area contributed by atoms with Crippen molar-refractivity contribution in [3.05, 3.63) is 21.4 Å². The van der Waals surface area contributed by atoms with Crippen molar-refractivity contribution in [3.8, 4) is 11.8 Å². The largest absolute Gasteiger partial charge is 0.383 e. The Morgan fingerprint density at radius 3 is 2.86 bits per heavy atom. The Balaban J connectivity index is 2.98. The number of hydrogen-bond donors (Lipinski definition) is 1. The summed E-state index contributed by atoms with van der Waals surface area (Å²) in [6.45, 7) is 7.58. The molecule has 1 rings (SSSR count). The van der Waals surface area contributed by atoms with Crippen molar-refractivity contribution in [2.24, 2.45) is 5.73 Å². The molecule has 0 radical (unpaired) electrons. The number of aryl methyl sites for hydroxylation is 1. The molecule has 1 heterocycles. The van der Waals surface area contributed by atoms with E-state index in [2.05, 4.69) is 25.7 Å². The SMILES string of the molecule is CCC(C)N(CCOC)C(=O)c1cc(C)c(C#CCN)s1. The lowest BCUT2D eigenvalue weighted by atomic mass is 10.2. The fraction of sp³-hybridized carbons (Fsp3) is 0.562. The summed E-state index contributed by atoms with van der Waals surface area (Å²) in [6.07, 6.45) is 0.916. The van der Waals surface area contributed by atoms with Gasteiger partial charge in [0.2, 0.25) is 0 Å². The molecule has 0 saturated carbocycles. The van der Waals surface area contributed by atoms with Crippen LogP contribution in [0.15, 0.2) is 6.07 Å². The molecule has 1 amide bonds. The van der Waals surface area contributed by atoms with Crippen molar-refractivity contribution in [2.45, 2.75) is 33.2 Å². The second-order valence-corrected chi connectivity index (χ2v) is 5.93.